The lowest BCUT2D eigenvalue weighted by atomic mass is 9.79. The fourth-order valence-electron chi connectivity index (χ4n) is 2.54. The molecule has 0 aliphatic carbocycles. The number of aromatic amines is 1. The molecule has 5 heteroatoms. The number of esters is 1. The molecule has 0 bridgehead atoms. The molecule has 2 N–H and O–H groups in total. The zero-order valence-electron chi connectivity index (χ0n) is 15.6. The summed E-state index contributed by atoms with van der Waals surface area (Å²) in [6, 6.07) is 4.05. The number of carbonyl (C=O) groups excluding carboxylic acids is 1. The number of ether oxygens (including phenoxy) is 1. The van der Waals surface area contributed by atoms with E-state index in [0.29, 0.717) is 11.7 Å². The van der Waals surface area contributed by atoms with Crippen LogP contribution in [0.15, 0.2) is 24.5 Å². The first-order valence-corrected chi connectivity index (χ1v) is 8.12. The Morgan fingerprint density at radius 1 is 1.08 bits per heavy atom. The number of anilines is 2. The van der Waals surface area contributed by atoms with Crippen LogP contribution in [0.1, 0.15) is 59.6 Å². The van der Waals surface area contributed by atoms with E-state index in [2.05, 4.69) is 56.8 Å². The molecule has 0 spiro atoms. The Hall–Kier alpha value is -2.30. The van der Waals surface area contributed by atoms with Gasteiger partial charge in [0.2, 0.25) is 5.95 Å². The van der Waals surface area contributed by atoms with Gasteiger partial charge in [0.15, 0.2) is 0 Å². The van der Waals surface area contributed by atoms with E-state index >= 15 is 0 Å². The first kappa shape index (κ1) is 18.0. The van der Waals surface area contributed by atoms with Crippen LogP contribution in [0.5, 0.6) is 5.75 Å². The van der Waals surface area contributed by atoms with Crippen molar-refractivity contribution in [2.75, 3.05) is 5.32 Å². The molecule has 0 unspecified atom stereocenters. The quantitative estimate of drug-likeness (QED) is 0.634. The molecule has 2 rings (SSSR count). The molecule has 0 fully saturated rings. The van der Waals surface area contributed by atoms with Crippen LogP contribution in [0.2, 0.25) is 0 Å². The smallest absolute Gasteiger partial charge is 0.308 e. The van der Waals surface area contributed by atoms with E-state index in [0.717, 1.165) is 16.8 Å². The Bertz CT molecular complexity index is 685. The van der Waals surface area contributed by atoms with Gasteiger partial charge in [-0.1, -0.05) is 41.5 Å². The molecule has 1 aromatic heterocycles. The van der Waals surface area contributed by atoms with Gasteiger partial charge < -0.3 is 15.0 Å². The normalized spacial score (nSPS) is 12.1. The third kappa shape index (κ3) is 4.16. The fraction of sp³-hybridized carbons (Fsp3) is 0.474. The van der Waals surface area contributed by atoms with Gasteiger partial charge in [-0.2, -0.15) is 0 Å². The average molecular weight is 329 g/mol. The number of hydrogen-bond donors (Lipinski definition) is 2. The van der Waals surface area contributed by atoms with Crippen molar-refractivity contribution in [1.82, 2.24) is 9.97 Å². The molecule has 130 valence electrons. The Labute approximate surface area is 143 Å². The summed E-state index contributed by atoms with van der Waals surface area (Å²) in [6.45, 7) is 14.1. The standard InChI is InChI=1S/C19H27N3O2/c1-12(23)24-16-14(18(2,3)4)10-13(11-15(16)19(5,6)7)22-17-20-8-9-21-17/h8-11H,1-7H3,(H2,20,21,22). The summed E-state index contributed by atoms with van der Waals surface area (Å²) in [7, 11) is 0. The number of aromatic nitrogens is 2. The Morgan fingerprint density at radius 3 is 2.00 bits per heavy atom. The molecule has 0 atom stereocenters. The van der Waals surface area contributed by atoms with Crippen molar-refractivity contribution in [3.05, 3.63) is 35.7 Å². The molecular weight excluding hydrogens is 302 g/mol. The fourth-order valence-corrected chi connectivity index (χ4v) is 2.54. The highest BCUT2D eigenvalue weighted by molar-refractivity contribution is 5.73. The molecule has 0 saturated heterocycles. The van der Waals surface area contributed by atoms with Crippen LogP contribution >= 0.6 is 0 Å². The van der Waals surface area contributed by atoms with Gasteiger partial charge in [-0.25, -0.2) is 4.98 Å². The molecule has 24 heavy (non-hydrogen) atoms. The molecule has 5 nitrogen and oxygen atoms in total. The Kier molecular flexibility index (Phi) is 4.74. The second-order valence-electron chi connectivity index (χ2n) is 8.06. The number of imidazole rings is 1. The minimum absolute atomic E-state index is 0.175. The minimum atomic E-state index is -0.308. The van der Waals surface area contributed by atoms with Gasteiger partial charge in [0.1, 0.15) is 5.75 Å². The lowest BCUT2D eigenvalue weighted by molar-refractivity contribution is -0.132. The van der Waals surface area contributed by atoms with Crippen LogP contribution in [-0.4, -0.2) is 15.9 Å². The van der Waals surface area contributed by atoms with E-state index in [4.69, 9.17) is 4.74 Å². The van der Waals surface area contributed by atoms with Crippen molar-refractivity contribution in [2.45, 2.75) is 59.3 Å². The first-order valence-electron chi connectivity index (χ1n) is 8.12. The maximum Gasteiger partial charge on any atom is 0.308 e. The summed E-state index contributed by atoms with van der Waals surface area (Å²) < 4.78 is 5.63. The number of carbonyl (C=O) groups is 1. The minimum Gasteiger partial charge on any atom is -0.426 e. The second kappa shape index (κ2) is 6.30. The molecule has 1 aromatic carbocycles. The Balaban J connectivity index is 2.66. The van der Waals surface area contributed by atoms with E-state index < -0.39 is 0 Å². The molecule has 0 aliphatic rings. The molecular formula is C19H27N3O2. The lowest BCUT2D eigenvalue weighted by Crippen LogP contribution is -2.21. The van der Waals surface area contributed by atoms with Crippen molar-refractivity contribution in [1.29, 1.82) is 0 Å². The molecule has 0 saturated carbocycles. The van der Waals surface area contributed by atoms with E-state index in [-0.39, 0.29) is 16.8 Å². The van der Waals surface area contributed by atoms with Crippen LogP contribution in [0.4, 0.5) is 11.6 Å². The monoisotopic (exact) mass is 329 g/mol. The summed E-state index contributed by atoms with van der Waals surface area (Å²) >= 11 is 0. The number of nitrogens with zero attached hydrogens (tertiary/aromatic N) is 1. The van der Waals surface area contributed by atoms with Gasteiger partial charge in [0, 0.05) is 36.1 Å². The van der Waals surface area contributed by atoms with Gasteiger partial charge in [0.25, 0.3) is 0 Å². The largest absolute Gasteiger partial charge is 0.426 e. The number of nitrogens with one attached hydrogen (secondary N) is 2. The van der Waals surface area contributed by atoms with Crippen molar-refractivity contribution >= 4 is 17.6 Å². The predicted octanol–water partition coefficient (Wildman–Crippen LogP) is 4.67. The third-order valence-electron chi connectivity index (χ3n) is 3.71. The van der Waals surface area contributed by atoms with E-state index in [1.807, 2.05) is 12.1 Å². The number of benzene rings is 1. The third-order valence-corrected chi connectivity index (χ3v) is 3.71. The number of hydrogen-bond acceptors (Lipinski definition) is 4. The van der Waals surface area contributed by atoms with Gasteiger partial charge in [-0.05, 0) is 23.0 Å². The molecule has 1 heterocycles. The summed E-state index contributed by atoms with van der Waals surface area (Å²) in [5.41, 5.74) is 2.53. The summed E-state index contributed by atoms with van der Waals surface area (Å²) in [4.78, 5) is 18.9. The van der Waals surface area contributed by atoms with Crippen molar-refractivity contribution in [3.8, 4) is 5.75 Å². The summed E-state index contributed by atoms with van der Waals surface area (Å²) in [5, 5.41) is 3.28. The maximum absolute atomic E-state index is 11.7. The molecule has 0 aliphatic heterocycles. The predicted molar refractivity (Wildman–Crippen MR) is 97.0 cm³/mol. The van der Waals surface area contributed by atoms with E-state index in [9.17, 15) is 4.79 Å². The highest BCUT2D eigenvalue weighted by Crippen LogP contribution is 2.42. The van der Waals surface area contributed by atoms with Gasteiger partial charge in [-0.3, -0.25) is 4.79 Å². The average Bonchev–Trinajstić information content (AvgIpc) is 2.89. The van der Waals surface area contributed by atoms with Crippen LogP contribution in [-0.2, 0) is 15.6 Å². The zero-order chi connectivity index (χ0) is 18.1. The highest BCUT2D eigenvalue weighted by Gasteiger charge is 2.29. The van der Waals surface area contributed by atoms with Crippen molar-refractivity contribution in [2.24, 2.45) is 0 Å². The first-order chi connectivity index (χ1) is 11.0. The van der Waals surface area contributed by atoms with Gasteiger partial charge >= 0.3 is 5.97 Å². The van der Waals surface area contributed by atoms with Crippen LogP contribution < -0.4 is 10.1 Å². The van der Waals surface area contributed by atoms with Gasteiger partial charge in [-0.15, -0.1) is 0 Å². The van der Waals surface area contributed by atoms with E-state index in [1.54, 1.807) is 12.4 Å². The van der Waals surface area contributed by atoms with E-state index in [1.165, 1.54) is 6.92 Å². The Morgan fingerprint density at radius 2 is 1.62 bits per heavy atom. The second-order valence-corrected chi connectivity index (χ2v) is 8.06. The van der Waals surface area contributed by atoms with Crippen molar-refractivity contribution < 1.29 is 9.53 Å². The topological polar surface area (TPSA) is 67.0 Å². The SMILES string of the molecule is CC(=O)Oc1c(C(C)(C)C)cc(Nc2ncc[nH]2)cc1C(C)(C)C. The van der Waals surface area contributed by atoms with Crippen LogP contribution in [0.25, 0.3) is 0 Å². The van der Waals surface area contributed by atoms with Gasteiger partial charge in [0.05, 0.1) is 0 Å². The van der Waals surface area contributed by atoms with Crippen LogP contribution in [0, 0.1) is 0 Å². The maximum atomic E-state index is 11.7. The summed E-state index contributed by atoms with van der Waals surface area (Å²) in [5.74, 6) is 1.03. The summed E-state index contributed by atoms with van der Waals surface area (Å²) in [6.07, 6.45) is 3.47. The molecule has 0 amide bonds. The number of rotatable bonds is 3. The zero-order valence-corrected chi connectivity index (χ0v) is 15.6. The highest BCUT2D eigenvalue weighted by atomic mass is 16.5. The van der Waals surface area contributed by atoms with Crippen molar-refractivity contribution in [3.63, 3.8) is 0 Å². The molecule has 0 radical (unpaired) electrons. The molecule has 2 aromatic rings. The van der Waals surface area contributed by atoms with Crippen LogP contribution in [0.3, 0.4) is 0 Å². The number of H-pyrrole nitrogens is 1. The lowest BCUT2D eigenvalue weighted by Gasteiger charge is -2.30.